The van der Waals surface area contributed by atoms with Crippen molar-refractivity contribution in [2.24, 2.45) is 0 Å². The van der Waals surface area contributed by atoms with Gasteiger partial charge in [0.25, 0.3) is 5.91 Å². The average Bonchev–Trinajstić information content (AvgIpc) is 3.27. The second kappa shape index (κ2) is 9.05. The van der Waals surface area contributed by atoms with Gasteiger partial charge in [0.05, 0.1) is 18.3 Å². The number of likely N-dealkylation sites (N-methyl/N-ethyl adjacent to an activating group) is 1. The van der Waals surface area contributed by atoms with E-state index in [0.29, 0.717) is 17.9 Å². The fraction of sp³-hybridized carbons (Fsp3) is 0.167. The van der Waals surface area contributed by atoms with Crippen molar-refractivity contribution in [3.8, 4) is 22.5 Å². The van der Waals surface area contributed by atoms with Crippen LogP contribution in [0.1, 0.15) is 17.3 Å². The van der Waals surface area contributed by atoms with E-state index in [9.17, 15) is 13.6 Å². The lowest BCUT2D eigenvalue weighted by Crippen LogP contribution is -2.38. The van der Waals surface area contributed by atoms with Gasteiger partial charge in [-0.3, -0.25) is 9.48 Å². The molecule has 0 unspecified atom stereocenters. The molecule has 0 aliphatic rings. The lowest BCUT2D eigenvalue weighted by molar-refractivity contribution is 0.0728. The predicted molar refractivity (Wildman–Crippen MR) is 117 cm³/mol. The van der Waals surface area contributed by atoms with Gasteiger partial charge in [0, 0.05) is 42.8 Å². The fourth-order valence-electron chi connectivity index (χ4n) is 3.36. The minimum absolute atomic E-state index is 0.193. The second-order valence-electron chi connectivity index (χ2n) is 7.49. The van der Waals surface area contributed by atoms with Crippen LogP contribution < -0.4 is 0 Å². The van der Waals surface area contributed by atoms with E-state index in [-0.39, 0.29) is 23.3 Å². The number of halogens is 2. The minimum Gasteiger partial charge on any atom is -0.337 e. The molecular formula is C24H21F2N5O. The highest BCUT2D eigenvalue weighted by molar-refractivity contribution is 6.00. The lowest BCUT2D eigenvalue weighted by Gasteiger charge is -2.26. The first-order valence-electron chi connectivity index (χ1n) is 10.0. The summed E-state index contributed by atoms with van der Waals surface area (Å²) in [6, 6.07) is 11.6. The van der Waals surface area contributed by atoms with E-state index in [1.165, 1.54) is 30.3 Å². The molecule has 0 spiro atoms. The van der Waals surface area contributed by atoms with Crippen LogP contribution in [-0.2, 0) is 6.54 Å². The molecule has 0 saturated heterocycles. The lowest BCUT2D eigenvalue weighted by atomic mass is 10.0. The quantitative estimate of drug-likeness (QED) is 0.451. The van der Waals surface area contributed by atoms with Crippen LogP contribution in [0.15, 0.2) is 73.3 Å². The Morgan fingerprint density at radius 2 is 1.72 bits per heavy atom. The molecule has 0 saturated carbocycles. The van der Waals surface area contributed by atoms with Crippen molar-refractivity contribution in [1.82, 2.24) is 24.6 Å². The van der Waals surface area contributed by atoms with Crippen molar-refractivity contribution in [2.75, 3.05) is 7.05 Å². The summed E-state index contributed by atoms with van der Waals surface area (Å²) in [4.78, 5) is 23.1. The number of benzene rings is 2. The topological polar surface area (TPSA) is 63.9 Å². The maximum absolute atomic E-state index is 14.0. The van der Waals surface area contributed by atoms with Crippen LogP contribution in [-0.4, -0.2) is 43.6 Å². The molecule has 0 aliphatic carbocycles. The van der Waals surface area contributed by atoms with E-state index in [2.05, 4.69) is 15.1 Å². The molecular weight excluding hydrogens is 412 g/mol. The molecule has 2 aromatic heterocycles. The van der Waals surface area contributed by atoms with E-state index in [0.717, 1.165) is 11.1 Å². The van der Waals surface area contributed by atoms with E-state index in [4.69, 9.17) is 0 Å². The third-order valence-electron chi connectivity index (χ3n) is 5.26. The number of aromatic nitrogens is 4. The van der Waals surface area contributed by atoms with Crippen molar-refractivity contribution in [3.63, 3.8) is 0 Å². The van der Waals surface area contributed by atoms with Crippen LogP contribution in [0.4, 0.5) is 8.78 Å². The normalized spacial score (nSPS) is 11.9. The summed E-state index contributed by atoms with van der Waals surface area (Å²) in [5, 5.41) is 4.35. The predicted octanol–water partition coefficient (Wildman–Crippen LogP) is 4.45. The molecule has 0 aliphatic heterocycles. The first kappa shape index (κ1) is 21.3. The van der Waals surface area contributed by atoms with Gasteiger partial charge < -0.3 is 4.90 Å². The van der Waals surface area contributed by atoms with Gasteiger partial charge in [-0.1, -0.05) is 12.1 Å². The summed E-state index contributed by atoms with van der Waals surface area (Å²) in [6.07, 6.45) is 6.68. The van der Waals surface area contributed by atoms with Crippen molar-refractivity contribution >= 4 is 5.91 Å². The van der Waals surface area contributed by atoms with Crippen LogP contribution in [0, 0.1) is 11.6 Å². The maximum atomic E-state index is 14.0. The standard InChI is InChI=1S/C24H21F2N5O/c1-16(14-31-15-18(13-29-31)17-4-6-19(25)7-5-17)30(2)24(32)22-12-20(26)8-9-21(22)23-27-10-3-11-28-23/h3-13,15-16H,14H2,1-2H3/t16-/m0/s1. The molecule has 8 heteroatoms. The summed E-state index contributed by atoms with van der Waals surface area (Å²) >= 11 is 0. The van der Waals surface area contributed by atoms with Gasteiger partial charge in [-0.25, -0.2) is 18.7 Å². The zero-order valence-corrected chi connectivity index (χ0v) is 17.6. The average molecular weight is 433 g/mol. The smallest absolute Gasteiger partial charge is 0.254 e. The maximum Gasteiger partial charge on any atom is 0.254 e. The highest BCUT2D eigenvalue weighted by atomic mass is 19.1. The highest BCUT2D eigenvalue weighted by Gasteiger charge is 2.23. The molecule has 32 heavy (non-hydrogen) atoms. The molecule has 1 amide bonds. The highest BCUT2D eigenvalue weighted by Crippen LogP contribution is 2.23. The monoisotopic (exact) mass is 433 g/mol. The number of amides is 1. The summed E-state index contributed by atoms with van der Waals surface area (Å²) in [6.45, 7) is 2.31. The molecule has 2 heterocycles. The molecule has 162 valence electrons. The molecule has 4 rings (SSSR count). The Morgan fingerprint density at radius 3 is 2.44 bits per heavy atom. The molecule has 2 aromatic carbocycles. The van der Waals surface area contributed by atoms with E-state index in [1.54, 1.807) is 53.4 Å². The van der Waals surface area contributed by atoms with Crippen LogP contribution in [0.2, 0.25) is 0 Å². The van der Waals surface area contributed by atoms with E-state index < -0.39 is 5.82 Å². The zero-order chi connectivity index (χ0) is 22.7. The molecule has 0 N–H and O–H groups in total. The summed E-state index contributed by atoms with van der Waals surface area (Å²) < 4.78 is 28.9. The molecule has 4 aromatic rings. The van der Waals surface area contributed by atoms with Gasteiger partial charge in [0.2, 0.25) is 0 Å². The first-order chi connectivity index (χ1) is 15.4. The molecule has 0 fully saturated rings. The van der Waals surface area contributed by atoms with Crippen LogP contribution in [0.25, 0.3) is 22.5 Å². The number of rotatable bonds is 6. The van der Waals surface area contributed by atoms with Crippen molar-refractivity contribution in [2.45, 2.75) is 19.5 Å². The Bertz CT molecular complexity index is 1220. The Balaban J connectivity index is 1.53. The van der Waals surface area contributed by atoms with Gasteiger partial charge in [-0.05, 0) is 48.9 Å². The van der Waals surface area contributed by atoms with Gasteiger partial charge in [-0.15, -0.1) is 0 Å². The number of hydrogen-bond donors (Lipinski definition) is 0. The third-order valence-corrected chi connectivity index (χ3v) is 5.26. The van der Waals surface area contributed by atoms with Gasteiger partial charge in [-0.2, -0.15) is 5.10 Å². The van der Waals surface area contributed by atoms with E-state index >= 15 is 0 Å². The Labute approximate surface area is 184 Å². The molecule has 0 bridgehead atoms. The van der Waals surface area contributed by atoms with Gasteiger partial charge in [0.1, 0.15) is 11.6 Å². The van der Waals surface area contributed by atoms with Crippen molar-refractivity contribution in [3.05, 3.63) is 90.5 Å². The second-order valence-corrected chi connectivity index (χ2v) is 7.49. The van der Waals surface area contributed by atoms with Crippen LogP contribution in [0.5, 0.6) is 0 Å². The van der Waals surface area contributed by atoms with E-state index in [1.807, 2.05) is 13.1 Å². The number of carbonyl (C=O) groups is 1. The van der Waals surface area contributed by atoms with Crippen molar-refractivity contribution in [1.29, 1.82) is 0 Å². The van der Waals surface area contributed by atoms with Crippen molar-refractivity contribution < 1.29 is 13.6 Å². The van der Waals surface area contributed by atoms with Gasteiger partial charge >= 0.3 is 0 Å². The number of carbonyl (C=O) groups excluding carboxylic acids is 1. The summed E-state index contributed by atoms with van der Waals surface area (Å²) in [5.41, 5.74) is 2.36. The van der Waals surface area contributed by atoms with Crippen LogP contribution >= 0.6 is 0 Å². The van der Waals surface area contributed by atoms with Gasteiger partial charge in [0.15, 0.2) is 5.82 Å². The minimum atomic E-state index is -0.509. The third kappa shape index (κ3) is 4.54. The number of hydrogen-bond acceptors (Lipinski definition) is 4. The van der Waals surface area contributed by atoms with Crippen LogP contribution in [0.3, 0.4) is 0 Å². The Morgan fingerprint density at radius 1 is 1.03 bits per heavy atom. The molecule has 0 radical (unpaired) electrons. The summed E-state index contributed by atoms with van der Waals surface area (Å²) in [5.74, 6) is -0.795. The number of nitrogens with zero attached hydrogens (tertiary/aromatic N) is 5. The molecule has 6 nitrogen and oxygen atoms in total. The molecule has 1 atom stereocenters. The zero-order valence-electron chi connectivity index (χ0n) is 17.6. The first-order valence-corrected chi connectivity index (χ1v) is 10.0. The Hall–Kier alpha value is -3.94. The largest absolute Gasteiger partial charge is 0.337 e. The fourth-order valence-corrected chi connectivity index (χ4v) is 3.36. The summed E-state index contributed by atoms with van der Waals surface area (Å²) in [7, 11) is 1.66. The Kier molecular flexibility index (Phi) is 6.02. The SMILES string of the molecule is C[C@@H](Cn1cc(-c2ccc(F)cc2)cn1)N(C)C(=O)c1cc(F)ccc1-c1ncccn1.